The lowest BCUT2D eigenvalue weighted by molar-refractivity contribution is -0.149. The predicted octanol–water partition coefficient (Wildman–Crippen LogP) is 6.43. The first-order chi connectivity index (χ1) is 18.4. The standard InChI is InChI=1S/C31H34N2O5/c1-5-35-30(34)31(3,4)28(25-12-8-6-9-13-25)32-37-21-24-16-18-27(19-17-24)36-22-33-20-23(2)38-29(33)26-14-10-7-11-15-26/h6-20,29H,5,21-22H2,1-4H3/b32-28+. The zero-order valence-corrected chi connectivity index (χ0v) is 22.3. The number of hydrogen-bond donors (Lipinski definition) is 0. The Kier molecular flexibility index (Phi) is 8.69. The summed E-state index contributed by atoms with van der Waals surface area (Å²) in [7, 11) is 0. The highest BCUT2D eigenvalue weighted by molar-refractivity contribution is 6.14. The molecule has 1 heterocycles. The Balaban J connectivity index is 1.38. The molecule has 0 saturated carbocycles. The topological polar surface area (TPSA) is 69.6 Å². The van der Waals surface area contributed by atoms with Gasteiger partial charge in [-0.05, 0) is 45.4 Å². The number of allylic oxidation sites excluding steroid dienone is 1. The molecule has 1 aliphatic heterocycles. The number of nitrogens with zero attached hydrogens (tertiary/aromatic N) is 2. The molecule has 0 bridgehead atoms. The van der Waals surface area contributed by atoms with Crippen molar-refractivity contribution < 1.29 is 23.8 Å². The number of benzene rings is 3. The molecule has 3 aromatic rings. The highest BCUT2D eigenvalue weighted by Gasteiger charge is 2.37. The molecule has 0 amide bonds. The van der Waals surface area contributed by atoms with Gasteiger partial charge >= 0.3 is 5.97 Å². The second-order valence-corrected chi connectivity index (χ2v) is 9.48. The molecular formula is C31H34N2O5. The summed E-state index contributed by atoms with van der Waals surface area (Å²) in [6, 6.07) is 27.2. The van der Waals surface area contributed by atoms with Crippen LogP contribution in [-0.2, 0) is 25.7 Å². The lowest BCUT2D eigenvalue weighted by atomic mass is 9.83. The SMILES string of the molecule is CCOC(=O)C(C)(C)/C(=N/OCc1ccc(OCN2C=C(C)OC2c2ccccc2)cc1)c1ccccc1. The van der Waals surface area contributed by atoms with Gasteiger partial charge in [-0.1, -0.05) is 78.0 Å². The number of oxime groups is 1. The Morgan fingerprint density at radius 3 is 2.29 bits per heavy atom. The monoisotopic (exact) mass is 514 g/mol. The van der Waals surface area contributed by atoms with Crippen molar-refractivity contribution in [2.24, 2.45) is 10.6 Å². The van der Waals surface area contributed by atoms with E-state index in [9.17, 15) is 4.79 Å². The van der Waals surface area contributed by atoms with Crippen LogP contribution in [0.25, 0.3) is 0 Å². The van der Waals surface area contributed by atoms with Gasteiger partial charge in [0.2, 0.25) is 6.23 Å². The fraction of sp³-hybridized carbons (Fsp3) is 0.290. The molecule has 1 aliphatic rings. The van der Waals surface area contributed by atoms with E-state index in [4.69, 9.17) is 19.0 Å². The summed E-state index contributed by atoms with van der Waals surface area (Å²) in [5, 5.41) is 4.38. The number of ether oxygens (including phenoxy) is 3. The first-order valence-corrected chi connectivity index (χ1v) is 12.7. The number of esters is 1. The van der Waals surface area contributed by atoms with Gasteiger partial charge in [-0.3, -0.25) is 4.79 Å². The second-order valence-electron chi connectivity index (χ2n) is 9.48. The van der Waals surface area contributed by atoms with Gasteiger partial charge in [0.05, 0.1) is 6.61 Å². The van der Waals surface area contributed by atoms with Crippen LogP contribution in [-0.4, -0.2) is 29.9 Å². The Morgan fingerprint density at radius 1 is 0.974 bits per heavy atom. The summed E-state index contributed by atoms with van der Waals surface area (Å²) in [6.45, 7) is 8.19. The lowest BCUT2D eigenvalue weighted by Gasteiger charge is -2.24. The van der Waals surface area contributed by atoms with Gasteiger partial charge in [-0.15, -0.1) is 0 Å². The zero-order chi connectivity index (χ0) is 27.0. The maximum Gasteiger partial charge on any atom is 0.317 e. The van der Waals surface area contributed by atoms with E-state index < -0.39 is 5.41 Å². The number of hydrogen-bond acceptors (Lipinski definition) is 7. The molecular weight excluding hydrogens is 480 g/mol. The highest BCUT2D eigenvalue weighted by Crippen LogP contribution is 2.31. The van der Waals surface area contributed by atoms with Crippen LogP contribution in [0.15, 0.2) is 102 Å². The van der Waals surface area contributed by atoms with Crippen molar-refractivity contribution in [3.63, 3.8) is 0 Å². The summed E-state index contributed by atoms with van der Waals surface area (Å²) in [4.78, 5) is 20.4. The highest BCUT2D eigenvalue weighted by atomic mass is 16.6. The third-order valence-electron chi connectivity index (χ3n) is 6.15. The minimum absolute atomic E-state index is 0.209. The maximum absolute atomic E-state index is 12.6. The molecule has 0 N–H and O–H groups in total. The van der Waals surface area contributed by atoms with E-state index in [0.29, 0.717) is 19.0 Å². The van der Waals surface area contributed by atoms with Gasteiger partial charge in [0, 0.05) is 17.3 Å². The van der Waals surface area contributed by atoms with Crippen molar-refractivity contribution in [3.05, 3.63) is 114 Å². The third kappa shape index (κ3) is 6.54. The van der Waals surface area contributed by atoms with Crippen molar-refractivity contribution in [2.45, 2.75) is 40.5 Å². The smallest absolute Gasteiger partial charge is 0.317 e. The Labute approximate surface area is 224 Å². The maximum atomic E-state index is 12.6. The largest absolute Gasteiger partial charge is 0.473 e. The van der Waals surface area contributed by atoms with E-state index >= 15 is 0 Å². The minimum Gasteiger partial charge on any atom is -0.473 e. The number of rotatable bonds is 11. The van der Waals surface area contributed by atoms with E-state index in [1.54, 1.807) is 20.8 Å². The van der Waals surface area contributed by atoms with Crippen molar-refractivity contribution in [1.29, 1.82) is 0 Å². The average molecular weight is 515 g/mol. The lowest BCUT2D eigenvalue weighted by Crippen LogP contribution is -2.36. The van der Waals surface area contributed by atoms with E-state index in [2.05, 4.69) is 5.16 Å². The molecule has 0 aromatic heterocycles. The summed E-state index contributed by atoms with van der Waals surface area (Å²) < 4.78 is 17.3. The van der Waals surface area contributed by atoms with Crippen LogP contribution in [0.4, 0.5) is 0 Å². The van der Waals surface area contributed by atoms with E-state index in [-0.39, 0.29) is 18.8 Å². The van der Waals surface area contributed by atoms with Gasteiger partial charge in [0.1, 0.15) is 29.2 Å². The average Bonchev–Trinajstić information content (AvgIpc) is 3.32. The number of carbonyl (C=O) groups is 1. The molecule has 7 heteroatoms. The minimum atomic E-state index is -0.973. The third-order valence-corrected chi connectivity index (χ3v) is 6.15. The van der Waals surface area contributed by atoms with E-state index in [1.807, 2.05) is 103 Å². The molecule has 4 rings (SSSR count). The Bertz CT molecular complexity index is 1250. The van der Waals surface area contributed by atoms with Crippen molar-refractivity contribution in [2.75, 3.05) is 13.3 Å². The van der Waals surface area contributed by atoms with Crippen LogP contribution in [0.1, 0.15) is 50.6 Å². The van der Waals surface area contributed by atoms with E-state index in [0.717, 1.165) is 28.2 Å². The van der Waals surface area contributed by atoms with Crippen LogP contribution < -0.4 is 4.74 Å². The summed E-state index contributed by atoms with van der Waals surface area (Å²) >= 11 is 0. The Hall–Kier alpha value is -4.26. The Morgan fingerprint density at radius 2 is 1.63 bits per heavy atom. The quantitative estimate of drug-likeness (QED) is 0.167. The van der Waals surface area contributed by atoms with Crippen LogP contribution in [0.2, 0.25) is 0 Å². The molecule has 0 saturated heterocycles. The summed E-state index contributed by atoms with van der Waals surface area (Å²) in [5.41, 5.74) is 2.33. The first-order valence-electron chi connectivity index (χ1n) is 12.7. The fourth-order valence-electron chi connectivity index (χ4n) is 4.09. The molecule has 198 valence electrons. The molecule has 0 radical (unpaired) electrons. The predicted molar refractivity (Wildman–Crippen MR) is 146 cm³/mol. The van der Waals surface area contributed by atoms with Crippen LogP contribution in [0, 0.1) is 5.41 Å². The molecule has 0 spiro atoms. The van der Waals surface area contributed by atoms with Crippen LogP contribution in [0.5, 0.6) is 5.75 Å². The normalized spacial score (nSPS) is 15.5. The fourth-order valence-corrected chi connectivity index (χ4v) is 4.09. The van der Waals surface area contributed by atoms with Gasteiger partial charge in [0.25, 0.3) is 0 Å². The zero-order valence-electron chi connectivity index (χ0n) is 22.3. The van der Waals surface area contributed by atoms with Gasteiger partial charge < -0.3 is 23.9 Å². The van der Waals surface area contributed by atoms with Gasteiger partial charge in [0.15, 0.2) is 6.73 Å². The van der Waals surface area contributed by atoms with Crippen LogP contribution >= 0.6 is 0 Å². The molecule has 7 nitrogen and oxygen atoms in total. The molecule has 0 fully saturated rings. The molecule has 0 aliphatic carbocycles. The van der Waals surface area contributed by atoms with Gasteiger partial charge in [-0.25, -0.2) is 0 Å². The van der Waals surface area contributed by atoms with Crippen molar-refractivity contribution >= 4 is 11.7 Å². The molecule has 38 heavy (non-hydrogen) atoms. The number of carbonyl (C=O) groups excluding carboxylic acids is 1. The summed E-state index contributed by atoms with van der Waals surface area (Å²) in [5.74, 6) is 1.22. The van der Waals surface area contributed by atoms with Crippen LogP contribution in [0.3, 0.4) is 0 Å². The van der Waals surface area contributed by atoms with Crippen molar-refractivity contribution in [1.82, 2.24) is 4.90 Å². The molecule has 1 atom stereocenters. The van der Waals surface area contributed by atoms with E-state index in [1.165, 1.54) is 0 Å². The molecule has 1 unspecified atom stereocenters. The first kappa shape index (κ1) is 26.8. The second kappa shape index (κ2) is 12.3. The summed E-state index contributed by atoms with van der Waals surface area (Å²) in [6.07, 6.45) is 1.75. The van der Waals surface area contributed by atoms with Gasteiger partial charge in [-0.2, -0.15) is 0 Å². The van der Waals surface area contributed by atoms with Crippen molar-refractivity contribution in [3.8, 4) is 5.75 Å². The molecule has 3 aromatic carbocycles.